The number of nitro groups is 1. The van der Waals surface area contributed by atoms with Crippen LogP contribution in [0.15, 0.2) is 24.3 Å². The Morgan fingerprint density at radius 1 is 1.35 bits per heavy atom. The number of carbonyl (C=O) groups excluding carboxylic acids is 1. The first-order valence-corrected chi connectivity index (χ1v) is 6.64. The van der Waals surface area contributed by atoms with Gasteiger partial charge in [-0.25, -0.2) is 0 Å². The first kappa shape index (κ1) is 16.1. The minimum atomic E-state index is -0.425. The van der Waals surface area contributed by atoms with Crippen molar-refractivity contribution >= 4 is 11.6 Å². The molecule has 0 radical (unpaired) electrons. The van der Waals surface area contributed by atoms with Crippen molar-refractivity contribution in [2.24, 2.45) is 5.92 Å². The van der Waals surface area contributed by atoms with Crippen LogP contribution in [0.1, 0.15) is 32.4 Å². The van der Waals surface area contributed by atoms with Crippen LogP contribution in [0.5, 0.6) is 0 Å². The van der Waals surface area contributed by atoms with E-state index in [0.29, 0.717) is 12.5 Å². The molecular weight excluding hydrogens is 258 g/mol. The second-order valence-electron chi connectivity index (χ2n) is 5.15. The predicted molar refractivity (Wildman–Crippen MR) is 77.4 cm³/mol. The number of amides is 1. The highest BCUT2D eigenvalue weighted by Gasteiger charge is 2.11. The summed E-state index contributed by atoms with van der Waals surface area (Å²) in [6, 6.07) is 6.29. The van der Waals surface area contributed by atoms with Crippen LogP contribution >= 0.6 is 0 Å². The Morgan fingerprint density at radius 3 is 2.65 bits per heavy atom. The van der Waals surface area contributed by atoms with Gasteiger partial charge in [0.25, 0.3) is 5.69 Å². The Kier molecular flexibility index (Phi) is 6.11. The maximum Gasteiger partial charge on any atom is 0.269 e. The van der Waals surface area contributed by atoms with Crippen LogP contribution < -0.4 is 10.6 Å². The zero-order valence-corrected chi connectivity index (χ0v) is 12.1. The molecule has 110 valence electrons. The molecule has 0 fully saturated rings. The summed E-state index contributed by atoms with van der Waals surface area (Å²) in [6.45, 7) is 6.76. The van der Waals surface area contributed by atoms with Crippen molar-refractivity contribution in [1.82, 2.24) is 10.6 Å². The Hall–Kier alpha value is -1.95. The van der Waals surface area contributed by atoms with Gasteiger partial charge >= 0.3 is 0 Å². The van der Waals surface area contributed by atoms with Gasteiger partial charge in [-0.15, -0.1) is 0 Å². The molecule has 0 saturated heterocycles. The molecule has 1 rings (SSSR count). The van der Waals surface area contributed by atoms with Crippen LogP contribution in [0.3, 0.4) is 0 Å². The third kappa shape index (κ3) is 5.36. The van der Waals surface area contributed by atoms with Gasteiger partial charge in [0.05, 0.1) is 11.5 Å². The minimum Gasteiger partial charge on any atom is -0.355 e. The Labute approximate surface area is 118 Å². The van der Waals surface area contributed by atoms with Crippen molar-refractivity contribution in [3.63, 3.8) is 0 Å². The van der Waals surface area contributed by atoms with Gasteiger partial charge in [0.15, 0.2) is 0 Å². The number of hydrogen-bond donors (Lipinski definition) is 2. The molecule has 0 heterocycles. The largest absolute Gasteiger partial charge is 0.355 e. The molecule has 1 amide bonds. The molecule has 0 saturated carbocycles. The van der Waals surface area contributed by atoms with E-state index in [9.17, 15) is 14.9 Å². The summed E-state index contributed by atoms with van der Waals surface area (Å²) >= 11 is 0. The first-order valence-electron chi connectivity index (χ1n) is 6.64. The van der Waals surface area contributed by atoms with E-state index in [1.807, 2.05) is 20.8 Å². The van der Waals surface area contributed by atoms with E-state index in [1.54, 1.807) is 12.1 Å². The second kappa shape index (κ2) is 7.59. The fraction of sp³-hybridized carbons (Fsp3) is 0.500. The predicted octanol–water partition coefficient (Wildman–Crippen LogP) is 2.02. The fourth-order valence-electron chi connectivity index (χ4n) is 1.65. The van der Waals surface area contributed by atoms with Gasteiger partial charge in [0, 0.05) is 24.7 Å². The second-order valence-corrected chi connectivity index (χ2v) is 5.15. The standard InChI is InChI=1S/C14H21N3O3/c1-10(2)8-16-14(18)9-15-11(3)12-5-4-6-13(7-12)17(19)20/h4-7,10-11,15H,8-9H2,1-3H3,(H,16,18). The van der Waals surface area contributed by atoms with Crippen LogP contribution in [-0.2, 0) is 4.79 Å². The molecule has 2 N–H and O–H groups in total. The van der Waals surface area contributed by atoms with Crippen LogP contribution in [0.2, 0.25) is 0 Å². The van der Waals surface area contributed by atoms with E-state index >= 15 is 0 Å². The highest BCUT2D eigenvalue weighted by atomic mass is 16.6. The summed E-state index contributed by atoms with van der Waals surface area (Å²) in [5, 5.41) is 16.6. The van der Waals surface area contributed by atoms with Gasteiger partial charge in [-0.05, 0) is 18.4 Å². The highest BCUT2D eigenvalue weighted by molar-refractivity contribution is 5.78. The molecule has 6 heteroatoms. The summed E-state index contributed by atoms with van der Waals surface area (Å²) in [7, 11) is 0. The quantitative estimate of drug-likeness (QED) is 0.590. The monoisotopic (exact) mass is 279 g/mol. The smallest absolute Gasteiger partial charge is 0.269 e. The number of hydrogen-bond acceptors (Lipinski definition) is 4. The average Bonchev–Trinajstić information content (AvgIpc) is 2.42. The molecule has 6 nitrogen and oxygen atoms in total. The lowest BCUT2D eigenvalue weighted by Gasteiger charge is -2.14. The topological polar surface area (TPSA) is 84.3 Å². The Balaban J connectivity index is 2.50. The lowest BCUT2D eigenvalue weighted by molar-refractivity contribution is -0.384. The van der Waals surface area contributed by atoms with E-state index in [0.717, 1.165) is 5.56 Å². The average molecular weight is 279 g/mol. The number of nitrogens with zero attached hydrogens (tertiary/aromatic N) is 1. The van der Waals surface area contributed by atoms with Crippen molar-refractivity contribution in [3.05, 3.63) is 39.9 Å². The van der Waals surface area contributed by atoms with E-state index in [-0.39, 0.29) is 24.2 Å². The molecule has 0 aliphatic carbocycles. The van der Waals surface area contributed by atoms with Gasteiger partial charge in [-0.2, -0.15) is 0 Å². The summed E-state index contributed by atoms with van der Waals surface area (Å²) in [5.74, 6) is 0.337. The zero-order chi connectivity index (χ0) is 15.1. The SMILES string of the molecule is CC(C)CNC(=O)CNC(C)c1cccc([N+](=O)[O-])c1. The van der Waals surface area contributed by atoms with Crippen molar-refractivity contribution in [2.75, 3.05) is 13.1 Å². The number of carbonyl (C=O) groups is 1. The molecule has 0 spiro atoms. The maximum absolute atomic E-state index is 11.6. The number of benzene rings is 1. The summed E-state index contributed by atoms with van der Waals surface area (Å²) < 4.78 is 0. The molecule has 1 aromatic carbocycles. The van der Waals surface area contributed by atoms with Crippen LogP contribution in [0.25, 0.3) is 0 Å². The number of nitro benzene ring substituents is 1. The lowest BCUT2D eigenvalue weighted by Crippen LogP contribution is -2.36. The van der Waals surface area contributed by atoms with Gasteiger partial charge in [0.1, 0.15) is 0 Å². The molecule has 0 aliphatic rings. The summed E-state index contributed by atoms with van der Waals surface area (Å²) in [5.41, 5.74) is 0.844. The minimum absolute atomic E-state index is 0.0559. The van der Waals surface area contributed by atoms with E-state index in [4.69, 9.17) is 0 Å². The molecule has 0 aliphatic heterocycles. The van der Waals surface area contributed by atoms with Crippen molar-refractivity contribution in [1.29, 1.82) is 0 Å². The van der Waals surface area contributed by atoms with E-state index in [2.05, 4.69) is 10.6 Å². The number of nitrogens with one attached hydrogen (secondary N) is 2. The molecule has 1 unspecified atom stereocenters. The normalized spacial score (nSPS) is 12.2. The molecular formula is C14H21N3O3. The Morgan fingerprint density at radius 2 is 2.05 bits per heavy atom. The third-order valence-corrected chi connectivity index (χ3v) is 2.86. The fourth-order valence-corrected chi connectivity index (χ4v) is 1.65. The van der Waals surface area contributed by atoms with Crippen LogP contribution in [0, 0.1) is 16.0 Å². The van der Waals surface area contributed by atoms with Gasteiger partial charge in [0.2, 0.25) is 5.91 Å². The Bertz CT molecular complexity index is 474. The molecule has 1 atom stereocenters. The number of rotatable bonds is 7. The van der Waals surface area contributed by atoms with Crippen LogP contribution in [-0.4, -0.2) is 23.9 Å². The van der Waals surface area contributed by atoms with Crippen molar-refractivity contribution in [2.45, 2.75) is 26.8 Å². The van der Waals surface area contributed by atoms with E-state index in [1.165, 1.54) is 12.1 Å². The lowest BCUT2D eigenvalue weighted by atomic mass is 10.1. The van der Waals surface area contributed by atoms with Crippen LogP contribution in [0.4, 0.5) is 5.69 Å². The number of non-ortho nitro benzene ring substituents is 1. The van der Waals surface area contributed by atoms with Gasteiger partial charge in [-0.1, -0.05) is 26.0 Å². The first-order chi connectivity index (χ1) is 9.40. The van der Waals surface area contributed by atoms with Gasteiger partial charge in [-0.3, -0.25) is 14.9 Å². The van der Waals surface area contributed by atoms with E-state index < -0.39 is 4.92 Å². The third-order valence-electron chi connectivity index (χ3n) is 2.86. The van der Waals surface area contributed by atoms with Crippen molar-refractivity contribution < 1.29 is 9.72 Å². The molecule has 0 aromatic heterocycles. The zero-order valence-electron chi connectivity index (χ0n) is 12.1. The highest BCUT2D eigenvalue weighted by Crippen LogP contribution is 2.18. The van der Waals surface area contributed by atoms with Gasteiger partial charge < -0.3 is 10.6 Å². The molecule has 1 aromatic rings. The van der Waals surface area contributed by atoms with Crippen molar-refractivity contribution in [3.8, 4) is 0 Å². The summed E-state index contributed by atoms with van der Waals surface area (Å²) in [4.78, 5) is 21.9. The molecule has 20 heavy (non-hydrogen) atoms. The maximum atomic E-state index is 11.6. The summed E-state index contributed by atoms with van der Waals surface area (Å²) in [6.07, 6.45) is 0. The molecule has 0 bridgehead atoms.